The Morgan fingerprint density at radius 3 is 2.62 bits per heavy atom. The van der Waals surface area contributed by atoms with Gasteiger partial charge in [0.05, 0.1) is 6.20 Å². The van der Waals surface area contributed by atoms with Crippen LogP contribution in [0.25, 0.3) is 0 Å². The predicted octanol–water partition coefficient (Wildman–Crippen LogP) is 2.97. The highest BCUT2D eigenvalue weighted by Gasteiger charge is 2.08. The summed E-state index contributed by atoms with van der Waals surface area (Å²) in [7, 11) is 0. The number of hydrogen-bond acceptors (Lipinski definition) is 3. The van der Waals surface area contributed by atoms with Crippen LogP contribution in [0.3, 0.4) is 0 Å². The lowest BCUT2D eigenvalue weighted by Crippen LogP contribution is -1.88. The second-order valence-electron chi connectivity index (χ2n) is 3.64. The first-order chi connectivity index (χ1) is 7.65. The van der Waals surface area contributed by atoms with Crippen LogP contribution in [0.15, 0.2) is 34.9 Å². The summed E-state index contributed by atoms with van der Waals surface area (Å²) >= 11 is 5.79. The molecule has 0 saturated heterocycles. The summed E-state index contributed by atoms with van der Waals surface area (Å²) in [6, 6.07) is 7.51. The van der Waals surface area contributed by atoms with Gasteiger partial charge in [-0.15, -0.1) is 0 Å². The van der Waals surface area contributed by atoms with E-state index in [9.17, 15) is 5.11 Å². The Morgan fingerprint density at radius 2 is 2.06 bits per heavy atom. The maximum atomic E-state index is 9.29. The Kier molecular flexibility index (Phi) is 3.27. The van der Waals surface area contributed by atoms with E-state index in [0.29, 0.717) is 23.1 Å². The minimum Gasteiger partial charge on any atom is -0.443 e. The lowest BCUT2D eigenvalue weighted by Gasteiger charge is -1.98. The van der Waals surface area contributed by atoms with E-state index in [-0.39, 0.29) is 0 Å². The van der Waals surface area contributed by atoms with Gasteiger partial charge in [-0.3, -0.25) is 0 Å². The Morgan fingerprint density at radius 1 is 1.38 bits per heavy atom. The van der Waals surface area contributed by atoms with E-state index in [2.05, 4.69) is 4.98 Å². The third-order valence-corrected chi connectivity index (χ3v) is 2.50. The third kappa shape index (κ3) is 2.62. The van der Waals surface area contributed by atoms with E-state index < -0.39 is 6.10 Å². The molecule has 0 amide bonds. The largest absolute Gasteiger partial charge is 0.443 e. The van der Waals surface area contributed by atoms with Gasteiger partial charge in [0.1, 0.15) is 6.10 Å². The van der Waals surface area contributed by atoms with E-state index in [1.54, 1.807) is 13.1 Å². The number of nitrogens with zero attached hydrogens (tertiary/aromatic N) is 1. The van der Waals surface area contributed by atoms with Crippen LogP contribution in [-0.4, -0.2) is 10.1 Å². The van der Waals surface area contributed by atoms with Crippen LogP contribution in [-0.2, 0) is 6.42 Å². The highest BCUT2D eigenvalue weighted by atomic mass is 35.5. The molecule has 0 aliphatic heterocycles. The van der Waals surface area contributed by atoms with Gasteiger partial charge in [-0.2, -0.15) is 0 Å². The molecule has 1 aromatic heterocycles. The van der Waals surface area contributed by atoms with Crippen LogP contribution < -0.4 is 0 Å². The summed E-state index contributed by atoms with van der Waals surface area (Å²) in [6.07, 6.45) is 1.53. The van der Waals surface area contributed by atoms with Crippen molar-refractivity contribution in [3.63, 3.8) is 0 Å². The van der Waals surface area contributed by atoms with Crippen molar-refractivity contribution in [3.05, 3.63) is 52.7 Å². The molecule has 2 rings (SSSR count). The normalized spacial score (nSPS) is 12.7. The molecule has 1 atom stereocenters. The molecule has 2 aromatic rings. The van der Waals surface area contributed by atoms with Gasteiger partial charge in [0.15, 0.2) is 11.7 Å². The van der Waals surface area contributed by atoms with Crippen molar-refractivity contribution in [2.24, 2.45) is 0 Å². The molecule has 0 aliphatic rings. The Balaban J connectivity index is 2.11. The minimum atomic E-state index is -0.619. The number of oxazole rings is 1. The molecule has 1 unspecified atom stereocenters. The van der Waals surface area contributed by atoms with E-state index >= 15 is 0 Å². The quantitative estimate of drug-likeness (QED) is 0.893. The minimum absolute atomic E-state index is 0.490. The van der Waals surface area contributed by atoms with Gasteiger partial charge >= 0.3 is 0 Å². The fraction of sp³-hybridized carbons (Fsp3) is 0.250. The maximum absolute atomic E-state index is 9.29. The van der Waals surface area contributed by atoms with E-state index in [1.165, 1.54) is 0 Å². The molecule has 1 N–H and O–H groups in total. The molecule has 1 heterocycles. The first kappa shape index (κ1) is 11.2. The van der Waals surface area contributed by atoms with Gasteiger partial charge in [0, 0.05) is 11.4 Å². The third-order valence-electron chi connectivity index (χ3n) is 2.25. The van der Waals surface area contributed by atoms with Gasteiger partial charge < -0.3 is 9.52 Å². The molecule has 0 saturated carbocycles. The number of rotatable bonds is 3. The van der Waals surface area contributed by atoms with Crippen molar-refractivity contribution in [1.82, 2.24) is 4.98 Å². The first-order valence-corrected chi connectivity index (χ1v) is 5.40. The van der Waals surface area contributed by atoms with Crippen LogP contribution in [0.2, 0.25) is 5.02 Å². The lowest BCUT2D eigenvalue weighted by molar-refractivity contribution is 0.167. The number of aliphatic hydroxyl groups is 1. The summed E-state index contributed by atoms with van der Waals surface area (Å²) in [5, 5.41) is 10.00. The van der Waals surface area contributed by atoms with Gasteiger partial charge in [-0.05, 0) is 24.6 Å². The van der Waals surface area contributed by atoms with Crippen LogP contribution in [0.1, 0.15) is 30.2 Å². The molecule has 84 valence electrons. The predicted molar refractivity (Wildman–Crippen MR) is 61.4 cm³/mol. The summed E-state index contributed by atoms with van der Waals surface area (Å²) in [4.78, 5) is 4.10. The number of aliphatic hydroxyl groups excluding tert-OH is 1. The molecular weight excluding hydrogens is 226 g/mol. The first-order valence-electron chi connectivity index (χ1n) is 5.02. The summed E-state index contributed by atoms with van der Waals surface area (Å²) in [6.45, 7) is 1.65. The number of hydrogen-bond donors (Lipinski definition) is 1. The SMILES string of the molecule is CC(O)c1cnc(Cc2ccc(Cl)cc2)o1. The second-order valence-corrected chi connectivity index (χ2v) is 4.07. The van der Waals surface area contributed by atoms with Crippen LogP contribution in [0, 0.1) is 0 Å². The maximum Gasteiger partial charge on any atom is 0.198 e. The molecule has 0 aliphatic carbocycles. The van der Waals surface area contributed by atoms with Crippen molar-refractivity contribution in [2.45, 2.75) is 19.4 Å². The topological polar surface area (TPSA) is 46.3 Å². The number of halogens is 1. The van der Waals surface area contributed by atoms with Gasteiger partial charge in [-0.1, -0.05) is 23.7 Å². The average Bonchev–Trinajstić information content (AvgIpc) is 2.70. The Hall–Kier alpha value is -1.32. The fourth-order valence-corrected chi connectivity index (χ4v) is 1.50. The summed E-state index contributed by atoms with van der Waals surface area (Å²) < 4.78 is 5.39. The molecule has 4 heteroatoms. The van der Waals surface area contributed by atoms with Crippen LogP contribution >= 0.6 is 11.6 Å². The van der Waals surface area contributed by atoms with Crippen LogP contribution in [0.4, 0.5) is 0 Å². The number of aromatic nitrogens is 1. The highest BCUT2D eigenvalue weighted by Crippen LogP contribution is 2.17. The number of benzene rings is 1. The molecule has 1 aromatic carbocycles. The highest BCUT2D eigenvalue weighted by molar-refractivity contribution is 6.30. The average molecular weight is 238 g/mol. The van der Waals surface area contributed by atoms with Gasteiger partial charge in [0.2, 0.25) is 0 Å². The Bertz CT molecular complexity index is 462. The molecule has 0 radical (unpaired) electrons. The molecule has 3 nitrogen and oxygen atoms in total. The van der Waals surface area contributed by atoms with E-state index in [1.807, 2.05) is 24.3 Å². The fourth-order valence-electron chi connectivity index (χ4n) is 1.38. The summed E-state index contributed by atoms with van der Waals surface area (Å²) in [5.41, 5.74) is 1.07. The van der Waals surface area contributed by atoms with Crippen molar-refractivity contribution >= 4 is 11.6 Å². The zero-order chi connectivity index (χ0) is 11.5. The van der Waals surface area contributed by atoms with Crippen molar-refractivity contribution < 1.29 is 9.52 Å². The monoisotopic (exact) mass is 237 g/mol. The standard InChI is InChI=1S/C12H12ClNO2/c1-8(15)11-7-14-12(16-11)6-9-2-4-10(13)5-3-9/h2-5,7-8,15H,6H2,1H3. The zero-order valence-electron chi connectivity index (χ0n) is 8.85. The zero-order valence-corrected chi connectivity index (χ0v) is 9.61. The molecule has 16 heavy (non-hydrogen) atoms. The molecule has 0 bridgehead atoms. The molecule has 0 spiro atoms. The lowest BCUT2D eigenvalue weighted by atomic mass is 10.1. The summed E-state index contributed by atoms with van der Waals surface area (Å²) in [5.74, 6) is 1.09. The van der Waals surface area contributed by atoms with E-state index in [4.69, 9.17) is 16.0 Å². The van der Waals surface area contributed by atoms with E-state index in [0.717, 1.165) is 5.56 Å². The Labute approximate surface area is 98.7 Å². The van der Waals surface area contributed by atoms with Crippen molar-refractivity contribution in [2.75, 3.05) is 0 Å². The van der Waals surface area contributed by atoms with Gasteiger partial charge in [0.25, 0.3) is 0 Å². The molecular formula is C12H12ClNO2. The van der Waals surface area contributed by atoms with Crippen molar-refractivity contribution in [1.29, 1.82) is 0 Å². The van der Waals surface area contributed by atoms with Crippen LogP contribution in [0.5, 0.6) is 0 Å². The second kappa shape index (κ2) is 4.68. The molecule has 0 fully saturated rings. The smallest absolute Gasteiger partial charge is 0.198 e. The van der Waals surface area contributed by atoms with Gasteiger partial charge in [-0.25, -0.2) is 4.98 Å². The van der Waals surface area contributed by atoms with Crippen molar-refractivity contribution in [3.8, 4) is 0 Å².